The maximum atomic E-state index is 2.18. The van der Waals surface area contributed by atoms with Crippen molar-refractivity contribution < 1.29 is 0 Å². The number of allylic oxidation sites excluding steroid dienone is 2. The van der Waals surface area contributed by atoms with Gasteiger partial charge in [0.15, 0.2) is 0 Å². The molecule has 10 heavy (non-hydrogen) atoms. The highest BCUT2D eigenvalue weighted by Gasteiger charge is 1.88. The molecule has 0 aromatic carbocycles. The largest absolute Gasteiger partial charge is 0.380 e. The van der Waals surface area contributed by atoms with E-state index in [4.69, 9.17) is 0 Å². The van der Waals surface area contributed by atoms with Crippen LogP contribution in [0.2, 0.25) is 0 Å². The summed E-state index contributed by atoms with van der Waals surface area (Å²) >= 11 is 0. The van der Waals surface area contributed by atoms with E-state index in [9.17, 15) is 0 Å². The molecule has 0 amide bonds. The second-order valence-corrected chi connectivity index (χ2v) is 2.04. The molecule has 1 aliphatic heterocycles. The number of hydrogen-bond donors (Lipinski definition) is 0. The van der Waals surface area contributed by atoms with Gasteiger partial charge in [-0.3, -0.25) is 0 Å². The van der Waals surface area contributed by atoms with Crippen LogP contribution in [-0.4, -0.2) is 18.5 Å². The minimum atomic E-state index is 1.15. The summed E-state index contributed by atoms with van der Waals surface area (Å²) in [4.78, 5) is 2.18. The third-order valence-electron chi connectivity index (χ3n) is 1.24. The Bertz CT molecular complexity index is 114. The minimum Gasteiger partial charge on any atom is -0.380 e. The van der Waals surface area contributed by atoms with Crippen molar-refractivity contribution in [3.05, 3.63) is 24.4 Å². The predicted octanol–water partition coefficient (Wildman–Crippen LogP) is 2.42. The SMILES string of the molecule is CC.CN1C=CC=CCC1. The Kier molecular flexibility index (Phi) is 5.94. The van der Waals surface area contributed by atoms with Crippen molar-refractivity contribution in [1.29, 1.82) is 0 Å². The molecule has 0 N–H and O–H groups in total. The van der Waals surface area contributed by atoms with Gasteiger partial charge in [0.25, 0.3) is 0 Å². The lowest BCUT2D eigenvalue weighted by molar-refractivity contribution is 0.468. The van der Waals surface area contributed by atoms with Crippen LogP contribution in [0.4, 0.5) is 0 Å². The summed E-state index contributed by atoms with van der Waals surface area (Å²) in [6.07, 6.45) is 9.59. The predicted molar refractivity (Wildman–Crippen MR) is 46.9 cm³/mol. The molecule has 0 fully saturated rings. The summed E-state index contributed by atoms with van der Waals surface area (Å²) in [5.41, 5.74) is 0. The Balaban J connectivity index is 0.000000371. The van der Waals surface area contributed by atoms with Gasteiger partial charge in [-0.1, -0.05) is 26.0 Å². The molecule has 1 nitrogen and oxygen atoms in total. The van der Waals surface area contributed by atoms with Crippen molar-refractivity contribution in [3.8, 4) is 0 Å². The Morgan fingerprint density at radius 2 is 1.90 bits per heavy atom. The van der Waals surface area contributed by atoms with E-state index in [2.05, 4.69) is 36.4 Å². The highest BCUT2D eigenvalue weighted by Crippen LogP contribution is 1.95. The molecule has 0 aromatic rings. The molecular weight excluding hydrogens is 122 g/mol. The van der Waals surface area contributed by atoms with E-state index in [1.165, 1.54) is 6.42 Å². The van der Waals surface area contributed by atoms with E-state index in [-0.39, 0.29) is 0 Å². The zero-order valence-electron chi connectivity index (χ0n) is 7.17. The van der Waals surface area contributed by atoms with E-state index in [1.807, 2.05) is 13.8 Å². The number of rotatable bonds is 0. The fourth-order valence-corrected chi connectivity index (χ4v) is 0.724. The first-order valence-electron chi connectivity index (χ1n) is 3.93. The monoisotopic (exact) mass is 139 g/mol. The van der Waals surface area contributed by atoms with E-state index in [0.717, 1.165) is 6.54 Å². The molecule has 1 heterocycles. The summed E-state index contributed by atoms with van der Waals surface area (Å²) in [5.74, 6) is 0. The fraction of sp³-hybridized carbons (Fsp3) is 0.556. The zero-order chi connectivity index (χ0) is 7.82. The summed E-state index contributed by atoms with van der Waals surface area (Å²) in [5, 5.41) is 0. The molecule has 0 aliphatic carbocycles. The molecule has 0 radical (unpaired) electrons. The van der Waals surface area contributed by atoms with Gasteiger partial charge in [0.2, 0.25) is 0 Å². The molecule has 0 atom stereocenters. The van der Waals surface area contributed by atoms with Gasteiger partial charge in [-0.25, -0.2) is 0 Å². The van der Waals surface area contributed by atoms with Crippen LogP contribution < -0.4 is 0 Å². The van der Waals surface area contributed by atoms with Gasteiger partial charge in [0.05, 0.1) is 0 Å². The lowest BCUT2D eigenvalue weighted by Crippen LogP contribution is -2.09. The average molecular weight is 139 g/mol. The Hall–Kier alpha value is -0.720. The molecule has 58 valence electrons. The van der Waals surface area contributed by atoms with Crippen LogP contribution in [0.3, 0.4) is 0 Å². The van der Waals surface area contributed by atoms with Crippen LogP contribution in [-0.2, 0) is 0 Å². The Morgan fingerprint density at radius 1 is 1.20 bits per heavy atom. The summed E-state index contributed by atoms with van der Waals surface area (Å²) in [6.45, 7) is 5.15. The quantitative estimate of drug-likeness (QED) is 0.498. The van der Waals surface area contributed by atoms with Crippen LogP contribution in [0, 0.1) is 0 Å². The van der Waals surface area contributed by atoms with Crippen molar-refractivity contribution in [3.63, 3.8) is 0 Å². The summed E-state index contributed by atoms with van der Waals surface area (Å²) in [7, 11) is 2.09. The van der Waals surface area contributed by atoms with Gasteiger partial charge in [-0.05, 0) is 18.7 Å². The van der Waals surface area contributed by atoms with Crippen molar-refractivity contribution in [2.24, 2.45) is 0 Å². The van der Waals surface area contributed by atoms with Crippen LogP contribution in [0.25, 0.3) is 0 Å². The van der Waals surface area contributed by atoms with Crippen LogP contribution in [0.1, 0.15) is 20.3 Å². The maximum absolute atomic E-state index is 2.18. The normalized spacial score (nSPS) is 15.7. The molecule has 0 aromatic heterocycles. The van der Waals surface area contributed by atoms with Gasteiger partial charge in [0, 0.05) is 13.6 Å². The summed E-state index contributed by atoms with van der Waals surface area (Å²) in [6, 6.07) is 0. The van der Waals surface area contributed by atoms with Crippen LogP contribution >= 0.6 is 0 Å². The van der Waals surface area contributed by atoms with Crippen molar-refractivity contribution in [2.75, 3.05) is 13.6 Å². The van der Waals surface area contributed by atoms with E-state index in [1.54, 1.807) is 0 Å². The number of nitrogens with zero attached hydrogens (tertiary/aromatic N) is 1. The maximum Gasteiger partial charge on any atom is 0.0203 e. The molecule has 0 bridgehead atoms. The van der Waals surface area contributed by atoms with E-state index < -0.39 is 0 Å². The second-order valence-electron chi connectivity index (χ2n) is 2.04. The molecule has 0 saturated heterocycles. The first-order chi connectivity index (χ1) is 4.89. The molecule has 0 saturated carbocycles. The third-order valence-corrected chi connectivity index (χ3v) is 1.24. The highest BCUT2D eigenvalue weighted by molar-refractivity contribution is 5.04. The zero-order valence-corrected chi connectivity index (χ0v) is 7.17. The minimum absolute atomic E-state index is 1.15. The Labute approximate surface area is 64.0 Å². The van der Waals surface area contributed by atoms with Gasteiger partial charge in [-0.15, -0.1) is 0 Å². The lowest BCUT2D eigenvalue weighted by atomic mass is 10.4. The average Bonchev–Trinajstić information content (AvgIpc) is 2.21. The first-order valence-corrected chi connectivity index (χ1v) is 3.93. The number of hydrogen-bond acceptors (Lipinski definition) is 1. The fourth-order valence-electron chi connectivity index (χ4n) is 0.724. The summed E-state index contributed by atoms with van der Waals surface area (Å²) < 4.78 is 0. The van der Waals surface area contributed by atoms with Crippen LogP contribution in [0.5, 0.6) is 0 Å². The Morgan fingerprint density at radius 3 is 2.60 bits per heavy atom. The highest BCUT2D eigenvalue weighted by atomic mass is 15.1. The van der Waals surface area contributed by atoms with Gasteiger partial charge in [0.1, 0.15) is 0 Å². The third kappa shape index (κ3) is 4.19. The van der Waals surface area contributed by atoms with Crippen molar-refractivity contribution >= 4 is 0 Å². The second kappa shape index (κ2) is 6.40. The van der Waals surface area contributed by atoms with E-state index >= 15 is 0 Å². The molecule has 0 spiro atoms. The lowest BCUT2D eigenvalue weighted by Gasteiger charge is -2.08. The molecule has 1 aliphatic rings. The van der Waals surface area contributed by atoms with Crippen LogP contribution in [0.15, 0.2) is 24.4 Å². The van der Waals surface area contributed by atoms with Gasteiger partial charge < -0.3 is 4.90 Å². The van der Waals surface area contributed by atoms with E-state index in [0.29, 0.717) is 0 Å². The molecule has 1 heteroatoms. The molecular formula is C9H17N. The smallest absolute Gasteiger partial charge is 0.0203 e. The standard InChI is InChI=1S/C7H11N.C2H6/c1-8-6-4-2-3-5-7-8;1-2/h2-4,6H,5,7H2,1H3;1-2H3. The van der Waals surface area contributed by atoms with Crippen molar-refractivity contribution in [2.45, 2.75) is 20.3 Å². The van der Waals surface area contributed by atoms with Gasteiger partial charge in [-0.2, -0.15) is 0 Å². The first kappa shape index (κ1) is 9.28. The van der Waals surface area contributed by atoms with Crippen molar-refractivity contribution in [1.82, 2.24) is 4.90 Å². The molecule has 1 rings (SSSR count). The molecule has 0 unspecified atom stereocenters. The topological polar surface area (TPSA) is 3.24 Å². The van der Waals surface area contributed by atoms with Gasteiger partial charge >= 0.3 is 0 Å².